The number of hydrogen-bond donors (Lipinski definition) is 0. The van der Waals surface area contributed by atoms with Gasteiger partial charge >= 0.3 is 11.9 Å². The normalized spacial score (nSPS) is 19.1. The monoisotopic (exact) mass is 216 g/mol. The van der Waals surface area contributed by atoms with E-state index < -0.39 is 18.0 Å². The zero-order valence-electron chi connectivity index (χ0n) is 8.52. The van der Waals surface area contributed by atoms with Crippen LogP contribution in [0.15, 0.2) is 11.8 Å². The molecule has 0 aliphatic carbocycles. The molecule has 1 atom stereocenters. The van der Waals surface area contributed by atoms with Crippen LogP contribution in [0, 0.1) is 0 Å². The first kappa shape index (κ1) is 11.5. The highest BCUT2D eigenvalue weighted by Gasteiger charge is 2.37. The Bertz CT molecular complexity index is 282. The molecule has 0 radical (unpaired) electrons. The molecule has 0 aromatic heterocycles. The third-order valence-corrected chi connectivity index (χ3v) is 1.62. The lowest BCUT2D eigenvalue weighted by atomic mass is 10.2. The van der Waals surface area contributed by atoms with Gasteiger partial charge in [-0.2, -0.15) is 4.89 Å². The first-order valence-electron chi connectivity index (χ1n) is 4.56. The lowest BCUT2D eigenvalue weighted by molar-refractivity contribution is -0.255. The molecule has 0 aromatic carbocycles. The smallest absolute Gasteiger partial charge is 0.344 e. The first-order valence-corrected chi connectivity index (χ1v) is 4.56. The quantitative estimate of drug-likeness (QED) is 0.498. The molecule has 6 nitrogen and oxygen atoms in total. The first-order chi connectivity index (χ1) is 7.20. The van der Waals surface area contributed by atoms with E-state index in [0.717, 1.165) is 6.26 Å². The van der Waals surface area contributed by atoms with Gasteiger partial charge in [-0.1, -0.05) is 0 Å². The molecule has 1 heterocycles. The number of rotatable bonds is 4. The van der Waals surface area contributed by atoms with E-state index in [1.165, 1.54) is 0 Å². The highest BCUT2D eigenvalue weighted by molar-refractivity contribution is 5.97. The van der Waals surface area contributed by atoms with Crippen molar-refractivity contribution in [2.24, 2.45) is 0 Å². The molecule has 84 valence electrons. The average Bonchev–Trinajstić information content (AvgIpc) is 2.66. The Hall–Kier alpha value is -1.56. The van der Waals surface area contributed by atoms with Gasteiger partial charge in [-0.3, -0.25) is 0 Å². The van der Waals surface area contributed by atoms with Crippen molar-refractivity contribution in [2.75, 3.05) is 13.2 Å². The average molecular weight is 216 g/mol. The zero-order valence-corrected chi connectivity index (χ0v) is 8.52. The molecular formula is C9H12O6. The van der Waals surface area contributed by atoms with Gasteiger partial charge in [-0.05, 0) is 13.8 Å². The van der Waals surface area contributed by atoms with Gasteiger partial charge in [-0.25, -0.2) is 9.59 Å². The summed E-state index contributed by atoms with van der Waals surface area (Å²) in [6, 6.07) is 0. The van der Waals surface area contributed by atoms with E-state index in [-0.39, 0.29) is 18.8 Å². The van der Waals surface area contributed by atoms with Crippen molar-refractivity contribution in [3.8, 4) is 0 Å². The molecule has 1 aliphatic heterocycles. The highest BCUT2D eigenvalue weighted by atomic mass is 17.2. The fourth-order valence-electron chi connectivity index (χ4n) is 1.00. The summed E-state index contributed by atoms with van der Waals surface area (Å²) in [6.07, 6.45) is -0.108. The molecule has 0 bridgehead atoms. The molecule has 0 aromatic rings. The van der Waals surface area contributed by atoms with Crippen molar-refractivity contribution in [1.82, 2.24) is 0 Å². The lowest BCUT2D eigenvalue weighted by Crippen LogP contribution is -2.29. The van der Waals surface area contributed by atoms with Crippen molar-refractivity contribution >= 4 is 11.9 Å². The summed E-state index contributed by atoms with van der Waals surface area (Å²) < 4.78 is 9.40. The Morgan fingerprint density at radius 1 is 1.33 bits per heavy atom. The van der Waals surface area contributed by atoms with Gasteiger partial charge in [0, 0.05) is 0 Å². The maximum Gasteiger partial charge on any atom is 0.344 e. The van der Waals surface area contributed by atoms with E-state index in [1.807, 2.05) is 0 Å². The molecule has 6 heteroatoms. The number of hydrogen-bond acceptors (Lipinski definition) is 6. The van der Waals surface area contributed by atoms with E-state index in [4.69, 9.17) is 9.47 Å². The van der Waals surface area contributed by atoms with Crippen LogP contribution in [0.2, 0.25) is 0 Å². The molecule has 0 N–H and O–H groups in total. The van der Waals surface area contributed by atoms with E-state index in [2.05, 4.69) is 9.78 Å². The van der Waals surface area contributed by atoms with Crippen LogP contribution in [0.25, 0.3) is 0 Å². The summed E-state index contributed by atoms with van der Waals surface area (Å²) in [5.41, 5.74) is 0.00954. The lowest BCUT2D eigenvalue weighted by Gasteiger charge is -2.09. The predicted octanol–water partition coefficient (Wildman–Crippen LogP) is 0.327. The SMILES string of the molecule is CCOC(=O)C1=COOC1C(=O)OCC. The molecule has 1 rings (SSSR count). The van der Waals surface area contributed by atoms with Crippen LogP contribution in [0.3, 0.4) is 0 Å². The Morgan fingerprint density at radius 3 is 2.60 bits per heavy atom. The maximum absolute atomic E-state index is 11.3. The Balaban J connectivity index is 2.63. The van der Waals surface area contributed by atoms with Crippen LogP contribution in [0.5, 0.6) is 0 Å². The van der Waals surface area contributed by atoms with Crippen LogP contribution < -0.4 is 0 Å². The van der Waals surface area contributed by atoms with E-state index in [0.29, 0.717) is 0 Å². The second-order valence-electron chi connectivity index (χ2n) is 2.62. The minimum Gasteiger partial charge on any atom is -0.464 e. The molecule has 0 amide bonds. The second kappa shape index (κ2) is 5.35. The van der Waals surface area contributed by atoms with Gasteiger partial charge in [0.15, 0.2) is 0 Å². The summed E-state index contributed by atoms with van der Waals surface area (Å²) in [6.45, 7) is 3.73. The topological polar surface area (TPSA) is 71.1 Å². The fourth-order valence-corrected chi connectivity index (χ4v) is 1.00. The minimum atomic E-state index is -1.15. The van der Waals surface area contributed by atoms with Crippen LogP contribution in [0.1, 0.15) is 13.8 Å². The predicted molar refractivity (Wildman–Crippen MR) is 47.3 cm³/mol. The van der Waals surface area contributed by atoms with Gasteiger partial charge in [0.1, 0.15) is 11.8 Å². The Labute approximate surface area is 86.7 Å². The van der Waals surface area contributed by atoms with Crippen molar-refractivity contribution in [1.29, 1.82) is 0 Å². The molecule has 0 saturated carbocycles. The van der Waals surface area contributed by atoms with Crippen molar-refractivity contribution < 1.29 is 28.8 Å². The maximum atomic E-state index is 11.3. The Kier molecular flexibility index (Phi) is 4.11. The van der Waals surface area contributed by atoms with Crippen molar-refractivity contribution in [2.45, 2.75) is 20.0 Å². The molecule has 0 spiro atoms. The summed E-state index contributed by atoms with van der Waals surface area (Å²) >= 11 is 0. The van der Waals surface area contributed by atoms with Crippen LogP contribution in [-0.4, -0.2) is 31.3 Å². The van der Waals surface area contributed by atoms with Crippen molar-refractivity contribution in [3.05, 3.63) is 11.8 Å². The van der Waals surface area contributed by atoms with E-state index >= 15 is 0 Å². The van der Waals surface area contributed by atoms with Crippen LogP contribution in [-0.2, 0) is 28.8 Å². The highest BCUT2D eigenvalue weighted by Crippen LogP contribution is 2.18. The summed E-state index contributed by atoms with van der Waals surface area (Å²) in [5, 5.41) is 0. The molecule has 0 fully saturated rings. The van der Waals surface area contributed by atoms with Gasteiger partial charge in [0.25, 0.3) is 0 Å². The second-order valence-corrected chi connectivity index (χ2v) is 2.62. The number of carbonyl (C=O) groups is 2. The van der Waals surface area contributed by atoms with Gasteiger partial charge in [0.05, 0.1) is 13.2 Å². The van der Waals surface area contributed by atoms with E-state index in [1.54, 1.807) is 13.8 Å². The standard InChI is InChI=1S/C9H12O6/c1-3-12-8(10)6-5-14-15-7(6)9(11)13-4-2/h5,7H,3-4H2,1-2H3. The molecule has 15 heavy (non-hydrogen) atoms. The largest absolute Gasteiger partial charge is 0.464 e. The zero-order chi connectivity index (χ0) is 11.3. The number of carbonyl (C=O) groups excluding carboxylic acids is 2. The molecule has 0 saturated heterocycles. The van der Waals surface area contributed by atoms with Crippen molar-refractivity contribution in [3.63, 3.8) is 0 Å². The summed E-state index contributed by atoms with van der Waals surface area (Å²) in [7, 11) is 0. The van der Waals surface area contributed by atoms with Gasteiger partial charge in [-0.15, -0.1) is 0 Å². The minimum absolute atomic E-state index is 0.00954. The summed E-state index contributed by atoms with van der Waals surface area (Å²) in [5.74, 6) is -1.32. The molecular weight excluding hydrogens is 204 g/mol. The van der Waals surface area contributed by atoms with Crippen LogP contribution in [0.4, 0.5) is 0 Å². The Morgan fingerprint density at radius 2 is 2.00 bits per heavy atom. The molecule has 1 aliphatic rings. The third kappa shape index (κ3) is 2.69. The van der Waals surface area contributed by atoms with E-state index in [9.17, 15) is 9.59 Å². The number of esters is 2. The summed E-state index contributed by atoms with van der Waals surface area (Å²) in [4.78, 5) is 31.6. The molecule has 1 unspecified atom stereocenters. The number of ether oxygens (including phenoxy) is 2. The fraction of sp³-hybridized carbons (Fsp3) is 0.556. The van der Waals surface area contributed by atoms with Crippen LogP contribution >= 0.6 is 0 Å². The third-order valence-electron chi connectivity index (χ3n) is 1.62. The van der Waals surface area contributed by atoms with Gasteiger partial charge < -0.3 is 14.4 Å². The van der Waals surface area contributed by atoms with Gasteiger partial charge in [0.2, 0.25) is 6.10 Å².